The van der Waals surface area contributed by atoms with E-state index in [2.05, 4.69) is 19.9 Å². The van der Waals surface area contributed by atoms with Gasteiger partial charge in [-0.25, -0.2) is 18.4 Å². The molecule has 3 heterocycles. The van der Waals surface area contributed by atoms with Crippen LogP contribution >= 0.6 is 0 Å². The molecule has 1 saturated carbocycles. The Bertz CT molecular complexity index is 1470. The molecular weight excluding hydrogens is 468 g/mol. The summed E-state index contributed by atoms with van der Waals surface area (Å²) in [5.41, 5.74) is 3.66. The van der Waals surface area contributed by atoms with Crippen molar-refractivity contribution >= 4 is 26.8 Å². The van der Waals surface area contributed by atoms with Crippen molar-refractivity contribution in [2.45, 2.75) is 36.7 Å². The minimum atomic E-state index is -3.30. The topological polar surface area (TPSA) is 135 Å². The maximum absolute atomic E-state index is 11.8. The number of fused-ring (bicyclic) bond motifs is 1. The fourth-order valence-corrected chi connectivity index (χ4v) is 4.91. The van der Waals surface area contributed by atoms with E-state index in [1.165, 1.54) is 6.26 Å². The molecule has 1 fully saturated rings. The number of aromatic amines is 1. The second-order valence-electron chi connectivity index (χ2n) is 8.78. The number of H-pyrrole nitrogens is 1. The number of carbonyl (C=O) groups is 1. The van der Waals surface area contributed by atoms with E-state index in [4.69, 9.17) is 9.84 Å². The van der Waals surface area contributed by atoms with Gasteiger partial charge in [-0.2, -0.15) is 0 Å². The number of ether oxygens (including phenoxy) is 1. The third-order valence-electron chi connectivity index (χ3n) is 6.26. The molecule has 0 bridgehead atoms. The van der Waals surface area contributed by atoms with E-state index in [1.807, 2.05) is 18.2 Å². The quantitative estimate of drug-likeness (QED) is 0.410. The van der Waals surface area contributed by atoms with Crippen molar-refractivity contribution in [3.8, 4) is 28.5 Å². The van der Waals surface area contributed by atoms with E-state index < -0.39 is 15.8 Å². The number of carboxylic acid groups (broad SMARTS) is 1. The van der Waals surface area contributed by atoms with Crippen LogP contribution in [0.2, 0.25) is 0 Å². The lowest BCUT2D eigenvalue weighted by molar-refractivity contribution is -0.143. The molecule has 5 rings (SSSR count). The molecule has 35 heavy (non-hydrogen) atoms. The summed E-state index contributed by atoms with van der Waals surface area (Å²) in [7, 11) is -3.30. The summed E-state index contributed by atoms with van der Waals surface area (Å²) >= 11 is 0. The normalized spacial score (nSPS) is 18.4. The van der Waals surface area contributed by atoms with E-state index in [1.54, 1.807) is 36.7 Å². The Labute approximate surface area is 202 Å². The SMILES string of the molecule is CS(=O)(=O)c1ccc2nc(-c3ccc(-c4ccc(OC5CCC(C(=O)O)CC5)nc4)nc3)[nH]c2c1. The zero-order valence-corrected chi connectivity index (χ0v) is 19.8. The van der Waals surface area contributed by atoms with Gasteiger partial charge in [-0.15, -0.1) is 0 Å². The number of rotatable bonds is 6. The van der Waals surface area contributed by atoms with Gasteiger partial charge >= 0.3 is 5.97 Å². The zero-order chi connectivity index (χ0) is 24.6. The Hall–Kier alpha value is -3.79. The number of hydrogen-bond donors (Lipinski definition) is 2. The highest BCUT2D eigenvalue weighted by atomic mass is 32.2. The average Bonchev–Trinajstić information content (AvgIpc) is 3.28. The number of benzene rings is 1. The number of hydrogen-bond acceptors (Lipinski definition) is 7. The zero-order valence-electron chi connectivity index (χ0n) is 19.0. The number of aromatic nitrogens is 4. The van der Waals surface area contributed by atoms with E-state index in [0.29, 0.717) is 48.4 Å². The molecule has 3 aromatic heterocycles. The number of aliphatic carboxylic acids is 1. The van der Waals surface area contributed by atoms with E-state index in [0.717, 1.165) is 16.8 Å². The van der Waals surface area contributed by atoms with Crippen molar-refractivity contribution in [1.29, 1.82) is 0 Å². The maximum Gasteiger partial charge on any atom is 0.306 e. The van der Waals surface area contributed by atoms with E-state index in [-0.39, 0.29) is 16.9 Å². The molecule has 1 aliphatic carbocycles. The van der Waals surface area contributed by atoms with Crippen LogP contribution in [0, 0.1) is 5.92 Å². The lowest BCUT2D eigenvalue weighted by Gasteiger charge is -2.26. The number of sulfone groups is 1. The lowest BCUT2D eigenvalue weighted by Crippen LogP contribution is -2.28. The van der Waals surface area contributed by atoms with Crippen molar-refractivity contribution in [2.75, 3.05) is 6.26 Å². The van der Waals surface area contributed by atoms with E-state index in [9.17, 15) is 13.2 Å². The van der Waals surface area contributed by atoms with Gasteiger partial charge in [0.2, 0.25) is 5.88 Å². The number of pyridine rings is 2. The second kappa shape index (κ2) is 9.10. The first-order valence-electron chi connectivity index (χ1n) is 11.3. The minimum Gasteiger partial charge on any atom is -0.481 e. The van der Waals surface area contributed by atoms with Crippen LogP contribution in [-0.2, 0) is 14.6 Å². The molecule has 0 spiro atoms. The fraction of sp³-hybridized carbons (Fsp3) is 0.280. The van der Waals surface area contributed by atoms with Gasteiger partial charge in [0, 0.05) is 35.8 Å². The maximum atomic E-state index is 11.8. The molecule has 4 aromatic rings. The summed E-state index contributed by atoms with van der Waals surface area (Å²) < 4.78 is 29.5. The second-order valence-corrected chi connectivity index (χ2v) is 10.8. The molecule has 0 atom stereocenters. The highest BCUT2D eigenvalue weighted by Crippen LogP contribution is 2.28. The van der Waals surface area contributed by atoms with Crippen LogP contribution < -0.4 is 4.74 Å². The third-order valence-corrected chi connectivity index (χ3v) is 7.37. The highest BCUT2D eigenvalue weighted by molar-refractivity contribution is 7.90. The van der Waals surface area contributed by atoms with Gasteiger partial charge in [0.25, 0.3) is 0 Å². The summed E-state index contributed by atoms with van der Waals surface area (Å²) in [5.74, 6) is 0.110. The fourth-order valence-electron chi connectivity index (χ4n) is 4.26. The van der Waals surface area contributed by atoms with Crippen LogP contribution in [0.3, 0.4) is 0 Å². The van der Waals surface area contributed by atoms with Gasteiger partial charge in [0.1, 0.15) is 11.9 Å². The van der Waals surface area contributed by atoms with Gasteiger partial charge in [-0.05, 0) is 62.1 Å². The highest BCUT2D eigenvalue weighted by Gasteiger charge is 2.27. The van der Waals surface area contributed by atoms with Crippen LogP contribution in [0.25, 0.3) is 33.7 Å². The Kier molecular flexibility index (Phi) is 5.98. The third kappa shape index (κ3) is 5.02. The van der Waals surface area contributed by atoms with Gasteiger partial charge in [-0.3, -0.25) is 9.78 Å². The largest absolute Gasteiger partial charge is 0.481 e. The van der Waals surface area contributed by atoms with Crippen molar-refractivity contribution in [1.82, 2.24) is 19.9 Å². The van der Waals surface area contributed by atoms with Crippen LogP contribution in [0.5, 0.6) is 5.88 Å². The summed E-state index contributed by atoms with van der Waals surface area (Å²) in [6, 6.07) is 12.3. The molecule has 0 amide bonds. The van der Waals surface area contributed by atoms with Gasteiger partial charge in [0.05, 0.1) is 27.5 Å². The first-order valence-corrected chi connectivity index (χ1v) is 13.2. The summed E-state index contributed by atoms with van der Waals surface area (Å²) in [6.07, 6.45) is 7.23. The molecule has 0 aliphatic heterocycles. The number of nitrogens with zero attached hydrogens (tertiary/aromatic N) is 3. The molecule has 0 radical (unpaired) electrons. The first-order chi connectivity index (χ1) is 16.8. The smallest absolute Gasteiger partial charge is 0.306 e. The van der Waals surface area contributed by atoms with Crippen molar-refractivity contribution in [2.24, 2.45) is 5.92 Å². The predicted octanol–water partition coefficient (Wildman–Crippen LogP) is 4.11. The lowest BCUT2D eigenvalue weighted by atomic mass is 9.87. The van der Waals surface area contributed by atoms with Crippen LogP contribution in [0.4, 0.5) is 0 Å². The standard InChI is InChI=1S/C25H24N4O5S/c1-35(32,33)19-8-10-21-22(12-19)29-24(28-21)17-4-9-20(26-14-17)16-5-11-23(27-13-16)34-18-6-2-15(3-7-18)25(30)31/h4-5,8-15,18H,2-3,6-7H2,1H3,(H,28,29)(H,30,31). The van der Waals surface area contributed by atoms with Crippen molar-refractivity contribution < 1.29 is 23.1 Å². The summed E-state index contributed by atoms with van der Waals surface area (Å²) in [6.45, 7) is 0. The monoisotopic (exact) mass is 492 g/mol. The first kappa shape index (κ1) is 23.0. The molecule has 10 heteroatoms. The average molecular weight is 493 g/mol. The van der Waals surface area contributed by atoms with E-state index >= 15 is 0 Å². The minimum absolute atomic E-state index is 0.0151. The molecule has 0 saturated heterocycles. The van der Waals surface area contributed by atoms with Crippen molar-refractivity contribution in [3.63, 3.8) is 0 Å². The van der Waals surface area contributed by atoms with Gasteiger partial charge in [0.15, 0.2) is 9.84 Å². The Balaban J connectivity index is 1.27. The summed E-state index contributed by atoms with van der Waals surface area (Å²) in [5, 5.41) is 9.12. The van der Waals surface area contributed by atoms with Crippen LogP contribution in [0.15, 0.2) is 59.8 Å². The molecule has 1 aliphatic rings. The molecular formula is C25H24N4O5S. The number of carboxylic acids is 1. The van der Waals surface area contributed by atoms with Gasteiger partial charge in [-0.1, -0.05) is 0 Å². The molecule has 1 aromatic carbocycles. The molecule has 2 N–H and O–H groups in total. The van der Waals surface area contributed by atoms with Gasteiger partial charge < -0.3 is 14.8 Å². The number of imidazole rings is 1. The van der Waals surface area contributed by atoms with Crippen LogP contribution in [0.1, 0.15) is 25.7 Å². The predicted molar refractivity (Wildman–Crippen MR) is 130 cm³/mol. The molecule has 0 unspecified atom stereocenters. The molecule has 180 valence electrons. The Morgan fingerprint density at radius 3 is 2.37 bits per heavy atom. The summed E-state index contributed by atoms with van der Waals surface area (Å²) in [4.78, 5) is 28.0. The Morgan fingerprint density at radius 1 is 1.00 bits per heavy atom. The molecule has 9 nitrogen and oxygen atoms in total. The van der Waals surface area contributed by atoms with Crippen LogP contribution in [-0.4, -0.2) is 51.8 Å². The Morgan fingerprint density at radius 2 is 1.74 bits per heavy atom. The number of nitrogens with one attached hydrogen (secondary N) is 1. The van der Waals surface area contributed by atoms with Crippen molar-refractivity contribution in [3.05, 3.63) is 54.9 Å².